The van der Waals surface area contributed by atoms with Gasteiger partial charge in [0.25, 0.3) is 0 Å². The van der Waals surface area contributed by atoms with Crippen LogP contribution in [0.15, 0.2) is 0 Å². The van der Waals surface area contributed by atoms with Crippen LogP contribution in [-0.4, -0.2) is 62.3 Å². The molecule has 0 spiro atoms. The lowest BCUT2D eigenvalue weighted by Crippen LogP contribution is -2.50. The van der Waals surface area contributed by atoms with E-state index in [1.165, 1.54) is 13.0 Å². The number of ether oxygens (including phenoxy) is 1. The first kappa shape index (κ1) is 8.48. The van der Waals surface area contributed by atoms with Crippen molar-refractivity contribution in [3.05, 3.63) is 0 Å². The molecule has 0 N–H and O–H groups in total. The van der Waals surface area contributed by atoms with Gasteiger partial charge in [0.15, 0.2) is 0 Å². The first-order valence-electron chi connectivity index (χ1n) is 4.75. The maximum absolute atomic E-state index is 5.57. The fourth-order valence-electron chi connectivity index (χ4n) is 2.16. The predicted molar refractivity (Wildman–Crippen MR) is 48.3 cm³/mol. The van der Waals surface area contributed by atoms with Crippen LogP contribution in [0.5, 0.6) is 0 Å². The molecule has 2 aliphatic rings. The van der Waals surface area contributed by atoms with Gasteiger partial charge in [0.2, 0.25) is 0 Å². The van der Waals surface area contributed by atoms with Gasteiger partial charge in [0, 0.05) is 18.6 Å². The molecule has 2 bridgehead atoms. The Morgan fingerprint density at radius 2 is 1.92 bits per heavy atom. The van der Waals surface area contributed by atoms with Gasteiger partial charge in [-0.15, -0.1) is 0 Å². The van der Waals surface area contributed by atoms with E-state index in [4.69, 9.17) is 4.74 Å². The lowest BCUT2D eigenvalue weighted by Gasteiger charge is -2.37. The van der Waals surface area contributed by atoms with Crippen molar-refractivity contribution in [3.63, 3.8) is 0 Å². The van der Waals surface area contributed by atoms with Crippen LogP contribution in [0.2, 0.25) is 0 Å². The van der Waals surface area contributed by atoms with E-state index < -0.39 is 0 Å². The molecule has 0 amide bonds. The average molecular weight is 170 g/mol. The minimum Gasteiger partial charge on any atom is -0.378 e. The van der Waals surface area contributed by atoms with Crippen molar-refractivity contribution in [1.82, 2.24) is 9.80 Å². The quantitative estimate of drug-likeness (QED) is 0.510. The average Bonchev–Trinajstić information content (AvgIpc) is 2.17. The molecule has 2 unspecified atom stereocenters. The lowest BCUT2D eigenvalue weighted by atomic mass is 10.1. The van der Waals surface area contributed by atoms with Gasteiger partial charge in [-0.3, -0.25) is 4.90 Å². The summed E-state index contributed by atoms with van der Waals surface area (Å²) in [5.41, 5.74) is 0. The van der Waals surface area contributed by atoms with Gasteiger partial charge >= 0.3 is 0 Å². The fraction of sp³-hybridized carbons (Fsp3) is 1.00. The monoisotopic (exact) mass is 170 g/mol. The molecule has 0 aromatic heterocycles. The summed E-state index contributed by atoms with van der Waals surface area (Å²) < 4.78 is 5.57. The van der Waals surface area contributed by atoms with Gasteiger partial charge < -0.3 is 9.64 Å². The van der Waals surface area contributed by atoms with E-state index in [-0.39, 0.29) is 0 Å². The van der Waals surface area contributed by atoms with Crippen molar-refractivity contribution in [3.8, 4) is 0 Å². The van der Waals surface area contributed by atoms with Gasteiger partial charge in [-0.05, 0) is 27.1 Å². The zero-order valence-corrected chi connectivity index (χ0v) is 7.99. The molecular weight excluding hydrogens is 152 g/mol. The largest absolute Gasteiger partial charge is 0.378 e. The SMILES string of the molecule is CN1CCC2COCC(C1)N2C. The molecule has 2 rings (SSSR count). The Hall–Kier alpha value is -0.120. The smallest absolute Gasteiger partial charge is 0.0635 e. The van der Waals surface area contributed by atoms with Crippen molar-refractivity contribution in [2.24, 2.45) is 0 Å². The molecule has 2 atom stereocenters. The van der Waals surface area contributed by atoms with E-state index in [0.29, 0.717) is 12.1 Å². The van der Waals surface area contributed by atoms with Gasteiger partial charge in [0.05, 0.1) is 13.2 Å². The topological polar surface area (TPSA) is 15.7 Å². The van der Waals surface area contributed by atoms with Crippen LogP contribution in [0.25, 0.3) is 0 Å². The number of rotatable bonds is 0. The molecule has 3 nitrogen and oxygen atoms in total. The van der Waals surface area contributed by atoms with E-state index in [1.54, 1.807) is 0 Å². The highest BCUT2D eigenvalue weighted by atomic mass is 16.5. The first-order chi connectivity index (χ1) is 5.77. The van der Waals surface area contributed by atoms with Gasteiger partial charge in [-0.25, -0.2) is 0 Å². The summed E-state index contributed by atoms with van der Waals surface area (Å²) in [6.45, 7) is 4.22. The van der Waals surface area contributed by atoms with Gasteiger partial charge in [-0.1, -0.05) is 0 Å². The maximum atomic E-state index is 5.57. The molecule has 0 saturated carbocycles. The minimum atomic E-state index is 0.622. The van der Waals surface area contributed by atoms with Gasteiger partial charge in [0.1, 0.15) is 0 Å². The van der Waals surface area contributed by atoms with Crippen LogP contribution in [0.1, 0.15) is 6.42 Å². The second-order valence-corrected chi connectivity index (χ2v) is 4.06. The van der Waals surface area contributed by atoms with Crippen molar-refractivity contribution in [1.29, 1.82) is 0 Å². The van der Waals surface area contributed by atoms with Crippen molar-refractivity contribution in [2.45, 2.75) is 18.5 Å². The Kier molecular flexibility index (Phi) is 2.35. The van der Waals surface area contributed by atoms with Crippen LogP contribution < -0.4 is 0 Å². The van der Waals surface area contributed by atoms with E-state index in [1.807, 2.05) is 0 Å². The molecule has 2 saturated heterocycles. The maximum Gasteiger partial charge on any atom is 0.0635 e. The lowest BCUT2D eigenvalue weighted by molar-refractivity contribution is -0.0310. The number of fused-ring (bicyclic) bond motifs is 2. The second-order valence-electron chi connectivity index (χ2n) is 4.06. The summed E-state index contributed by atoms with van der Waals surface area (Å²) in [7, 11) is 4.44. The molecule has 2 fully saturated rings. The zero-order valence-electron chi connectivity index (χ0n) is 7.99. The van der Waals surface area contributed by atoms with Crippen LogP contribution in [-0.2, 0) is 4.74 Å². The molecule has 12 heavy (non-hydrogen) atoms. The highest BCUT2D eigenvalue weighted by Gasteiger charge is 2.31. The summed E-state index contributed by atoms with van der Waals surface area (Å²) in [5.74, 6) is 0. The Morgan fingerprint density at radius 3 is 2.75 bits per heavy atom. The number of hydrogen-bond donors (Lipinski definition) is 0. The predicted octanol–water partition coefficient (Wildman–Crippen LogP) is 0.0211. The summed E-state index contributed by atoms with van der Waals surface area (Å²) in [6.07, 6.45) is 1.25. The van der Waals surface area contributed by atoms with Crippen molar-refractivity contribution < 1.29 is 4.74 Å². The van der Waals surface area contributed by atoms with Crippen LogP contribution in [0.3, 0.4) is 0 Å². The highest BCUT2D eigenvalue weighted by Crippen LogP contribution is 2.18. The Labute approximate surface area is 74.3 Å². The highest BCUT2D eigenvalue weighted by molar-refractivity contribution is 4.86. The van der Waals surface area contributed by atoms with Gasteiger partial charge in [-0.2, -0.15) is 0 Å². The molecule has 70 valence electrons. The van der Waals surface area contributed by atoms with Crippen molar-refractivity contribution in [2.75, 3.05) is 40.4 Å². The summed E-state index contributed by atoms with van der Waals surface area (Å²) >= 11 is 0. The van der Waals surface area contributed by atoms with Crippen LogP contribution in [0, 0.1) is 0 Å². The van der Waals surface area contributed by atoms with E-state index in [2.05, 4.69) is 23.9 Å². The summed E-state index contributed by atoms with van der Waals surface area (Å²) in [6, 6.07) is 1.28. The molecule has 0 radical (unpaired) electrons. The Bertz CT molecular complexity index is 163. The summed E-state index contributed by atoms with van der Waals surface area (Å²) in [4.78, 5) is 4.91. The van der Waals surface area contributed by atoms with E-state index in [9.17, 15) is 0 Å². The third-order valence-electron chi connectivity index (χ3n) is 3.14. The van der Waals surface area contributed by atoms with Crippen LogP contribution in [0.4, 0.5) is 0 Å². The third-order valence-corrected chi connectivity index (χ3v) is 3.14. The standard InChI is InChI=1S/C9H18N2O/c1-10-4-3-8-6-12-7-9(5-10)11(8)2/h8-9H,3-7H2,1-2H3. The normalized spacial score (nSPS) is 39.5. The van der Waals surface area contributed by atoms with Crippen molar-refractivity contribution >= 4 is 0 Å². The molecule has 0 aromatic carbocycles. The molecule has 0 aliphatic carbocycles. The number of likely N-dealkylation sites (N-methyl/N-ethyl adjacent to an activating group) is 2. The van der Waals surface area contributed by atoms with Crippen LogP contribution >= 0.6 is 0 Å². The zero-order chi connectivity index (χ0) is 8.55. The molecule has 0 aromatic rings. The number of morpholine rings is 1. The Balaban J connectivity index is 2.08. The molecule has 3 heteroatoms. The Morgan fingerprint density at radius 1 is 1.17 bits per heavy atom. The first-order valence-corrected chi connectivity index (χ1v) is 4.75. The van der Waals surface area contributed by atoms with E-state index in [0.717, 1.165) is 19.8 Å². The fourth-order valence-corrected chi connectivity index (χ4v) is 2.16. The number of nitrogens with zero attached hydrogens (tertiary/aromatic N) is 2. The van der Waals surface area contributed by atoms with E-state index >= 15 is 0 Å². The molecule has 2 aliphatic heterocycles. The molecular formula is C9H18N2O. The number of hydrogen-bond acceptors (Lipinski definition) is 3. The minimum absolute atomic E-state index is 0.622. The summed E-state index contributed by atoms with van der Waals surface area (Å²) in [5, 5.41) is 0. The molecule has 2 heterocycles. The second kappa shape index (κ2) is 3.32. The third kappa shape index (κ3) is 1.49.